The smallest absolute Gasteiger partial charge is 0.191 e. The molecule has 1 aromatic heterocycles. The van der Waals surface area contributed by atoms with Gasteiger partial charge in [-0.05, 0) is 69.4 Å². The zero-order valence-electron chi connectivity index (χ0n) is 16.7. The average Bonchev–Trinajstić information content (AvgIpc) is 2.72. The summed E-state index contributed by atoms with van der Waals surface area (Å²) in [6.45, 7) is 10.6. The van der Waals surface area contributed by atoms with E-state index in [1.807, 2.05) is 12.3 Å². The standard InChI is InChI=1S/C22H33N5/c1-3-23-22(25-13-9-18-11-15-27(4-2)16-12-18)26-17-19-10-14-24-21-8-6-5-7-20(19)21/h5-8,10,14,18H,3-4,9,11-13,15-17H2,1-2H3,(H2,23,25,26). The minimum absolute atomic E-state index is 0.660. The summed E-state index contributed by atoms with van der Waals surface area (Å²) in [4.78, 5) is 11.8. The summed E-state index contributed by atoms with van der Waals surface area (Å²) in [5.74, 6) is 1.75. The Bertz CT molecular complexity index is 729. The quantitative estimate of drug-likeness (QED) is 0.582. The van der Waals surface area contributed by atoms with Gasteiger partial charge >= 0.3 is 0 Å². The summed E-state index contributed by atoms with van der Waals surface area (Å²) in [6, 6.07) is 10.3. The van der Waals surface area contributed by atoms with E-state index in [2.05, 4.69) is 58.6 Å². The van der Waals surface area contributed by atoms with Gasteiger partial charge in [0.2, 0.25) is 0 Å². The third-order valence-electron chi connectivity index (χ3n) is 5.49. The summed E-state index contributed by atoms with van der Waals surface area (Å²) < 4.78 is 0. The SMILES string of the molecule is CCNC(=NCc1ccnc2ccccc12)NCCC1CCN(CC)CC1. The Hall–Kier alpha value is -2.14. The molecule has 5 heteroatoms. The third-order valence-corrected chi connectivity index (χ3v) is 5.49. The van der Waals surface area contributed by atoms with Crippen molar-refractivity contribution in [3.63, 3.8) is 0 Å². The third kappa shape index (κ3) is 5.67. The van der Waals surface area contributed by atoms with Gasteiger partial charge in [0.1, 0.15) is 0 Å². The molecule has 0 bridgehead atoms. The molecule has 2 N–H and O–H groups in total. The van der Waals surface area contributed by atoms with Crippen molar-refractivity contribution in [3.05, 3.63) is 42.1 Å². The number of benzene rings is 1. The monoisotopic (exact) mass is 367 g/mol. The number of fused-ring (bicyclic) bond motifs is 1. The molecule has 1 aromatic carbocycles. The second-order valence-electron chi connectivity index (χ2n) is 7.28. The Morgan fingerprint density at radius 3 is 2.74 bits per heavy atom. The lowest BCUT2D eigenvalue weighted by Gasteiger charge is -2.31. The van der Waals surface area contributed by atoms with E-state index in [9.17, 15) is 0 Å². The van der Waals surface area contributed by atoms with Crippen molar-refractivity contribution in [3.8, 4) is 0 Å². The fourth-order valence-corrected chi connectivity index (χ4v) is 3.78. The lowest BCUT2D eigenvalue weighted by atomic mass is 9.93. The highest BCUT2D eigenvalue weighted by molar-refractivity contribution is 5.83. The molecule has 0 spiro atoms. The summed E-state index contributed by atoms with van der Waals surface area (Å²) in [7, 11) is 0. The van der Waals surface area contributed by atoms with Crippen LogP contribution in [0.4, 0.5) is 0 Å². The molecule has 2 aromatic rings. The first-order valence-corrected chi connectivity index (χ1v) is 10.4. The summed E-state index contributed by atoms with van der Waals surface area (Å²) in [6.07, 6.45) is 5.74. The van der Waals surface area contributed by atoms with Crippen LogP contribution in [-0.2, 0) is 6.54 Å². The Kier molecular flexibility index (Phi) is 7.45. The van der Waals surface area contributed by atoms with E-state index in [0.29, 0.717) is 6.54 Å². The predicted molar refractivity (Wildman–Crippen MR) is 114 cm³/mol. The number of pyridine rings is 1. The van der Waals surface area contributed by atoms with Gasteiger partial charge in [0.25, 0.3) is 0 Å². The fourth-order valence-electron chi connectivity index (χ4n) is 3.78. The van der Waals surface area contributed by atoms with Crippen LogP contribution in [-0.4, -0.2) is 48.6 Å². The van der Waals surface area contributed by atoms with E-state index in [0.717, 1.165) is 30.5 Å². The molecule has 3 rings (SSSR count). The predicted octanol–water partition coefficient (Wildman–Crippen LogP) is 3.41. The normalized spacial score (nSPS) is 16.6. The van der Waals surface area contributed by atoms with Crippen LogP contribution in [0.1, 0.15) is 38.7 Å². The molecule has 2 heterocycles. The van der Waals surface area contributed by atoms with Gasteiger partial charge < -0.3 is 15.5 Å². The van der Waals surface area contributed by atoms with Gasteiger partial charge in [0.05, 0.1) is 12.1 Å². The summed E-state index contributed by atoms with van der Waals surface area (Å²) in [5.41, 5.74) is 2.24. The molecule has 1 aliphatic heterocycles. The molecule has 27 heavy (non-hydrogen) atoms. The minimum atomic E-state index is 0.660. The highest BCUT2D eigenvalue weighted by atomic mass is 15.2. The largest absolute Gasteiger partial charge is 0.357 e. The number of hydrogen-bond donors (Lipinski definition) is 2. The van der Waals surface area contributed by atoms with Crippen LogP contribution in [0, 0.1) is 5.92 Å². The summed E-state index contributed by atoms with van der Waals surface area (Å²) >= 11 is 0. The fraction of sp³-hybridized carbons (Fsp3) is 0.545. The molecular formula is C22H33N5. The molecule has 1 fully saturated rings. The number of nitrogens with zero attached hydrogens (tertiary/aromatic N) is 3. The van der Waals surface area contributed by atoms with Gasteiger partial charge in [-0.3, -0.25) is 4.98 Å². The first kappa shape index (κ1) is 19.6. The number of para-hydroxylation sites is 1. The van der Waals surface area contributed by atoms with Crippen molar-refractivity contribution >= 4 is 16.9 Å². The molecule has 0 radical (unpaired) electrons. The molecule has 5 nitrogen and oxygen atoms in total. The zero-order valence-corrected chi connectivity index (χ0v) is 16.7. The van der Waals surface area contributed by atoms with Crippen molar-refractivity contribution in [1.82, 2.24) is 20.5 Å². The molecular weight excluding hydrogens is 334 g/mol. The van der Waals surface area contributed by atoms with Crippen molar-refractivity contribution in [2.24, 2.45) is 10.9 Å². The van der Waals surface area contributed by atoms with Crippen molar-refractivity contribution in [2.45, 2.75) is 39.7 Å². The van der Waals surface area contributed by atoms with Gasteiger partial charge in [-0.1, -0.05) is 25.1 Å². The second kappa shape index (κ2) is 10.3. The second-order valence-corrected chi connectivity index (χ2v) is 7.28. The molecule has 0 saturated carbocycles. The molecule has 1 aliphatic rings. The van der Waals surface area contributed by atoms with E-state index < -0.39 is 0 Å². The minimum Gasteiger partial charge on any atom is -0.357 e. The Balaban J connectivity index is 1.53. The topological polar surface area (TPSA) is 52.6 Å². The van der Waals surface area contributed by atoms with Crippen molar-refractivity contribution in [1.29, 1.82) is 0 Å². The maximum atomic E-state index is 4.80. The van der Waals surface area contributed by atoms with Gasteiger partial charge in [0, 0.05) is 24.7 Å². The van der Waals surface area contributed by atoms with Crippen LogP contribution in [0.3, 0.4) is 0 Å². The number of aliphatic imine (C=N–C) groups is 1. The van der Waals surface area contributed by atoms with Crippen LogP contribution in [0.2, 0.25) is 0 Å². The average molecular weight is 368 g/mol. The molecule has 1 saturated heterocycles. The highest BCUT2D eigenvalue weighted by Crippen LogP contribution is 2.19. The van der Waals surface area contributed by atoms with Crippen LogP contribution in [0.25, 0.3) is 10.9 Å². The van der Waals surface area contributed by atoms with E-state index in [1.165, 1.54) is 49.8 Å². The van der Waals surface area contributed by atoms with E-state index >= 15 is 0 Å². The van der Waals surface area contributed by atoms with E-state index in [1.54, 1.807) is 0 Å². The van der Waals surface area contributed by atoms with E-state index in [-0.39, 0.29) is 0 Å². The zero-order chi connectivity index (χ0) is 18.9. The van der Waals surface area contributed by atoms with Crippen LogP contribution < -0.4 is 10.6 Å². The van der Waals surface area contributed by atoms with Crippen LogP contribution >= 0.6 is 0 Å². The number of guanidine groups is 1. The molecule has 0 aliphatic carbocycles. The van der Waals surface area contributed by atoms with Crippen molar-refractivity contribution < 1.29 is 0 Å². The highest BCUT2D eigenvalue weighted by Gasteiger charge is 2.17. The molecule has 0 unspecified atom stereocenters. The Morgan fingerprint density at radius 1 is 1.15 bits per heavy atom. The van der Waals surface area contributed by atoms with E-state index in [4.69, 9.17) is 4.99 Å². The van der Waals surface area contributed by atoms with Gasteiger partial charge in [-0.25, -0.2) is 4.99 Å². The number of aromatic nitrogens is 1. The number of rotatable bonds is 7. The lowest BCUT2D eigenvalue weighted by Crippen LogP contribution is -2.39. The van der Waals surface area contributed by atoms with Crippen molar-refractivity contribution in [2.75, 3.05) is 32.7 Å². The Labute approximate surface area is 163 Å². The Morgan fingerprint density at radius 2 is 1.96 bits per heavy atom. The van der Waals surface area contributed by atoms with Crippen LogP contribution in [0.15, 0.2) is 41.5 Å². The van der Waals surface area contributed by atoms with Gasteiger partial charge in [-0.2, -0.15) is 0 Å². The maximum absolute atomic E-state index is 4.80. The first-order valence-electron chi connectivity index (χ1n) is 10.4. The van der Waals surface area contributed by atoms with Gasteiger partial charge in [0.15, 0.2) is 5.96 Å². The van der Waals surface area contributed by atoms with Gasteiger partial charge in [-0.15, -0.1) is 0 Å². The lowest BCUT2D eigenvalue weighted by molar-refractivity contribution is 0.187. The number of piperidine rings is 1. The molecule has 0 amide bonds. The number of likely N-dealkylation sites (tertiary alicyclic amines) is 1. The first-order chi connectivity index (χ1) is 13.3. The number of nitrogens with one attached hydrogen (secondary N) is 2. The molecule has 146 valence electrons. The molecule has 0 atom stereocenters. The number of hydrogen-bond acceptors (Lipinski definition) is 3. The summed E-state index contributed by atoms with van der Waals surface area (Å²) in [5, 5.41) is 8.07. The van der Waals surface area contributed by atoms with Crippen LogP contribution in [0.5, 0.6) is 0 Å². The maximum Gasteiger partial charge on any atom is 0.191 e.